The van der Waals surface area contributed by atoms with Crippen molar-refractivity contribution < 1.29 is 9.18 Å². The van der Waals surface area contributed by atoms with Gasteiger partial charge in [-0.25, -0.2) is 14.2 Å². The summed E-state index contributed by atoms with van der Waals surface area (Å²) < 4.78 is 15.5. The van der Waals surface area contributed by atoms with Gasteiger partial charge in [0, 0.05) is 26.7 Å². The van der Waals surface area contributed by atoms with E-state index in [9.17, 15) is 18.8 Å². The van der Waals surface area contributed by atoms with E-state index in [0.29, 0.717) is 29.8 Å². The van der Waals surface area contributed by atoms with Crippen molar-refractivity contribution >= 4 is 16.9 Å². The molecule has 0 radical (unpaired) electrons. The Morgan fingerprint density at radius 3 is 2.78 bits per heavy atom. The van der Waals surface area contributed by atoms with Crippen molar-refractivity contribution in [2.75, 3.05) is 6.54 Å². The third kappa shape index (κ3) is 2.75. The lowest BCUT2D eigenvalue weighted by atomic mass is 10.2. The first-order chi connectivity index (χ1) is 12.9. The number of halogens is 1. The average molecular weight is 371 g/mol. The van der Waals surface area contributed by atoms with Gasteiger partial charge in [-0.3, -0.25) is 18.7 Å². The van der Waals surface area contributed by atoms with Crippen LogP contribution in [0.5, 0.6) is 0 Å². The van der Waals surface area contributed by atoms with E-state index in [1.165, 1.54) is 36.9 Å². The van der Waals surface area contributed by atoms with Gasteiger partial charge in [0.25, 0.3) is 11.5 Å². The minimum absolute atomic E-state index is 0.0390. The first kappa shape index (κ1) is 17.2. The van der Waals surface area contributed by atoms with Crippen LogP contribution in [0.1, 0.15) is 35.2 Å². The fourth-order valence-corrected chi connectivity index (χ4v) is 3.54. The molecule has 0 unspecified atom stereocenters. The SMILES string of the molecule is Cn1c(C(=O)N2CCC[C@@H]2c2nc3ccc(F)cc3[nH]2)cc(=O)n(C)c1=O. The average Bonchev–Trinajstić information content (AvgIpc) is 3.28. The van der Waals surface area contributed by atoms with Crippen LogP contribution in [0.15, 0.2) is 33.9 Å². The molecule has 1 atom stereocenters. The largest absolute Gasteiger partial charge is 0.340 e. The van der Waals surface area contributed by atoms with Crippen molar-refractivity contribution in [3.63, 3.8) is 0 Å². The molecule has 0 aliphatic carbocycles. The number of H-pyrrole nitrogens is 1. The monoisotopic (exact) mass is 371 g/mol. The number of hydrogen-bond acceptors (Lipinski definition) is 4. The fourth-order valence-electron chi connectivity index (χ4n) is 3.54. The van der Waals surface area contributed by atoms with E-state index in [0.717, 1.165) is 11.0 Å². The van der Waals surface area contributed by atoms with Crippen LogP contribution >= 0.6 is 0 Å². The lowest BCUT2D eigenvalue weighted by molar-refractivity contribution is 0.0718. The number of amides is 1. The topological polar surface area (TPSA) is 93.0 Å². The van der Waals surface area contributed by atoms with E-state index >= 15 is 0 Å². The third-order valence-electron chi connectivity index (χ3n) is 5.04. The van der Waals surface area contributed by atoms with Crippen LogP contribution in [0.25, 0.3) is 11.0 Å². The summed E-state index contributed by atoms with van der Waals surface area (Å²) in [6, 6.07) is 5.12. The van der Waals surface area contributed by atoms with Crippen molar-refractivity contribution in [2.45, 2.75) is 18.9 Å². The van der Waals surface area contributed by atoms with Gasteiger partial charge in [-0.2, -0.15) is 0 Å². The van der Waals surface area contributed by atoms with Gasteiger partial charge >= 0.3 is 5.69 Å². The Balaban J connectivity index is 1.74. The molecule has 1 saturated heterocycles. The van der Waals surface area contributed by atoms with E-state index in [2.05, 4.69) is 9.97 Å². The molecule has 4 rings (SSSR count). The maximum Gasteiger partial charge on any atom is 0.331 e. The van der Waals surface area contributed by atoms with Gasteiger partial charge in [0.15, 0.2) is 0 Å². The third-order valence-corrected chi connectivity index (χ3v) is 5.04. The first-order valence-electron chi connectivity index (χ1n) is 8.60. The highest BCUT2D eigenvalue weighted by molar-refractivity contribution is 5.93. The predicted octanol–water partition coefficient (Wildman–Crippen LogP) is 1.08. The van der Waals surface area contributed by atoms with Crippen molar-refractivity contribution in [3.8, 4) is 0 Å². The van der Waals surface area contributed by atoms with E-state index in [1.54, 1.807) is 11.0 Å². The number of likely N-dealkylation sites (tertiary alicyclic amines) is 1. The summed E-state index contributed by atoms with van der Waals surface area (Å²) in [5, 5.41) is 0. The number of rotatable bonds is 2. The van der Waals surface area contributed by atoms with Gasteiger partial charge in [0.2, 0.25) is 0 Å². The molecular formula is C18H18FN5O3. The second-order valence-corrected chi connectivity index (χ2v) is 6.71. The Morgan fingerprint density at radius 2 is 2.00 bits per heavy atom. The number of hydrogen-bond donors (Lipinski definition) is 1. The number of benzene rings is 1. The summed E-state index contributed by atoms with van der Waals surface area (Å²) in [6.07, 6.45) is 1.45. The quantitative estimate of drug-likeness (QED) is 0.729. The molecule has 1 N–H and O–H groups in total. The van der Waals surface area contributed by atoms with Crippen LogP contribution in [-0.4, -0.2) is 36.5 Å². The second-order valence-electron chi connectivity index (χ2n) is 6.71. The Morgan fingerprint density at radius 1 is 1.22 bits per heavy atom. The maximum atomic E-state index is 13.4. The lowest BCUT2D eigenvalue weighted by Crippen LogP contribution is -2.42. The van der Waals surface area contributed by atoms with Gasteiger partial charge < -0.3 is 9.88 Å². The molecule has 0 saturated carbocycles. The van der Waals surface area contributed by atoms with Crippen molar-refractivity contribution in [2.24, 2.45) is 14.1 Å². The normalized spacial score (nSPS) is 17.0. The van der Waals surface area contributed by atoms with Crippen LogP contribution in [-0.2, 0) is 14.1 Å². The lowest BCUT2D eigenvalue weighted by Gasteiger charge is -2.24. The molecule has 1 fully saturated rings. The Hall–Kier alpha value is -3.23. The van der Waals surface area contributed by atoms with Gasteiger partial charge in [0.05, 0.1) is 17.1 Å². The number of nitrogens with zero attached hydrogens (tertiary/aromatic N) is 4. The van der Waals surface area contributed by atoms with Crippen molar-refractivity contribution in [3.05, 3.63) is 62.4 Å². The predicted molar refractivity (Wildman–Crippen MR) is 96.0 cm³/mol. The number of nitrogens with one attached hydrogen (secondary N) is 1. The fraction of sp³-hybridized carbons (Fsp3) is 0.333. The number of aromatic nitrogens is 4. The van der Waals surface area contributed by atoms with Crippen LogP contribution in [0.4, 0.5) is 4.39 Å². The zero-order valence-corrected chi connectivity index (χ0v) is 14.9. The van der Waals surface area contributed by atoms with Crippen LogP contribution in [0.3, 0.4) is 0 Å². The summed E-state index contributed by atoms with van der Waals surface area (Å²) in [6.45, 7) is 0.484. The number of carbonyl (C=O) groups is 1. The minimum Gasteiger partial charge on any atom is -0.340 e. The van der Waals surface area contributed by atoms with E-state index < -0.39 is 17.2 Å². The Labute approximate surface area is 152 Å². The zero-order chi connectivity index (χ0) is 19.3. The summed E-state index contributed by atoms with van der Waals surface area (Å²) in [5.41, 5.74) is 0.131. The standard InChI is InChI=1S/C18H18FN5O3/c1-22-14(9-15(25)23(2)18(22)27)17(26)24-7-3-4-13(24)16-20-11-6-5-10(19)8-12(11)21-16/h5-6,8-9,13H,3-4,7H2,1-2H3,(H,20,21)/t13-/m1/s1. The van der Waals surface area contributed by atoms with Crippen molar-refractivity contribution in [1.29, 1.82) is 0 Å². The van der Waals surface area contributed by atoms with Gasteiger partial charge in [0.1, 0.15) is 17.3 Å². The zero-order valence-electron chi connectivity index (χ0n) is 14.9. The summed E-state index contributed by atoms with van der Waals surface area (Å²) >= 11 is 0. The number of carbonyl (C=O) groups excluding carboxylic acids is 1. The molecule has 3 heterocycles. The number of fused-ring (bicyclic) bond motifs is 1. The first-order valence-corrected chi connectivity index (χ1v) is 8.60. The molecule has 8 nitrogen and oxygen atoms in total. The Kier molecular flexibility index (Phi) is 3.94. The molecular weight excluding hydrogens is 353 g/mol. The molecule has 1 aromatic carbocycles. The molecule has 27 heavy (non-hydrogen) atoms. The molecule has 1 aliphatic rings. The molecule has 3 aromatic rings. The van der Waals surface area contributed by atoms with E-state index in [4.69, 9.17) is 0 Å². The van der Waals surface area contributed by atoms with Gasteiger partial charge in [-0.05, 0) is 31.0 Å². The summed E-state index contributed by atoms with van der Waals surface area (Å²) in [5.74, 6) is -0.205. The number of imidazole rings is 1. The van der Waals surface area contributed by atoms with Crippen LogP contribution < -0.4 is 11.2 Å². The number of aromatic amines is 1. The smallest absolute Gasteiger partial charge is 0.331 e. The summed E-state index contributed by atoms with van der Waals surface area (Å²) in [4.78, 5) is 46.3. The Bertz CT molecular complexity index is 1180. The van der Waals surface area contributed by atoms with E-state index in [-0.39, 0.29) is 17.6 Å². The van der Waals surface area contributed by atoms with Crippen LogP contribution in [0.2, 0.25) is 0 Å². The van der Waals surface area contributed by atoms with Gasteiger partial charge in [-0.15, -0.1) is 0 Å². The molecule has 0 spiro atoms. The molecule has 0 bridgehead atoms. The molecule has 140 valence electrons. The maximum absolute atomic E-state index is 13.4. The van der Waals surface area contributed by atoms with Crippen molar-refractivity contribution in [1.82, 2.24) is 24.0 Å². The molecule has 1 aliphatic heterocycles. The van der Waals surface area contributed by atoms with E-state index in [1.807, 2.05) is 0 Å². The van der Waals surface area contributed by atoms with Gasteiger partial charge in [-0.1, -0.05) is 0 Å². The molecule has 9 heteroatoms. The highest BCUT2D eigenvalue weighted by atomic mass is 19.1. The molecule has 2 aromatic heterocycles. The van der Waals surface area contributed by atoms with Crippen LogP contribution in [0, 0.1) is 5.82 Å². The second kappa shape index (κ2) is 6.19. The summed E-state index contributed by atoms with van der Waals surface area (Å²) in [7, 11) is 2.83. The minimum atomic E-state index is -0.555. The highest BCUT2D eigenvalue weighted by Crippen LogP contribution is 2.32. The molecule has 1 amide bonds. The highest BCUT2D eigenvalue weighted by Gasteiger charge is 2.34.